The number of nitrogens with zero attached hydrogens (tertiary/aromatic N) is 1. The van der Waals surface area contributed by atoms with Gasteiger partial charge in [-0.1, -0.05) is 0 Å². The Bertz CT molecular complexity index is 554. The van der Waals surface area contributed by atoms with Crippen LogP contribution < -0.4 is 10.1 Å². The van der Waals surface area contributed by atoms with Crippen molar-refractivity contribution >= 4 is 15.9 Å². The molecule has 0 aliphatic rings. The molecule has 0 bridgehead atoms. The van der Waals surface area contributed by atoms with E-state index in [-0.39, 0.29) is 17.4 Å². The molecule has 1 N–H and O–H groups in total. The van der Waals surface area contributed by atoms with Crippen LogP contribution in [-0.4, -0.2) is 59.6 Å². The van der Waals surface area contributed by atoms with Crippen molar-refractivity contribution in [3.8, 4) is 5.75 Å². The van der Waals surface area contributed by atoms with Crippen molar-refractivity contribution in [3.63, 3.8) is 0 Å². The van der Waals surface area contributed by atoms with Crippen molar-refractivity contribution < 1.29 is 22.7 Å². The Balaban J connectivity index is 2.54. The maximum absolute atomic E-state index is 11.9. The molecule has 7 nitrogen and oxygen atoms in total. The molecule has 0 aromatic heterocycles. The number of nitrogens with one attached hydrogen (secondary N) is 1. The third kappa shape index (κ3) is 5.33. The fourth-order valence-electron chi connectivity index (χ4n) is 1.41. The predicted octanol–water partition coefficient (Wildman–Crippen LogP) is 0.0783. The van der Waals surface area contributed by atoms with Crippen molar-refractivity contribution in [2.45, 2.75) is 4.90 Å². The van der Waals surface area contributed by atoms with Gasteiger partial charge in [0.2, 0.25) is 10.0 Å². The van der Waals surface area contributed by atoms with E-state index >= 15 is 0 Å². The second-order valence-corrected chi connectivity index (χ2v) is 6.54. The highest BCUT2D eigenvalue weighted by Crippen LogP contribution is 2.17. The zero-order valence-electron chi connectivity index (χ0n) is 12.3. The van der Waals surface area contributed by atoms with E-state index in [4.69, 9.17) is 9.47 Å². The molecule has 0 saturated carbocycles. The van der Waals surface area contributed by atoms with Gasteiger partial charge >= 0.3 is 0 Å². The molecule has 1 amide bonds. The van der Waals surface area contributed by atoms with Crippen LogP contribution in [0.3, 0.4) is 0 Å². The lowest BCUT2D eigenvalue weighted by atomic mass is 10.3. The third-order valence-electron chi connectivity index (χ3n) is 2.60. The first-order valence-corrected chi connectivity index (χ1v) is 7.73. The maximum Gasteiger partial charge on any atom is 0.258 e. The topological polar surface area (TPSA) is 84.9 Å². The zero-order chi connectivity index (χ0) is 15.9. The van der Waals surface area contributed by atoms with E-state index < -0.39 is 10.0 Å². The van der Waals surface area contributed by atoms with Crippen LogP contribution in [0.5, 0.6) is 5.75 Å². The molecule has 118 valence electrons. The van der Waals surface area contributed by atoms with Crippen LogP contribution in [0, 0.1) is 0 Å². The van der Waals surface area contributed by atoms with Gasteiger partial charge in [-0.2, -0.15) is 0 Å². The molecule has 0 saturated heterocycles. The molecule has 0 unspecified atom stereocenters. The summed E-state index contributed by atoms with van der Waals surface area (Å²) in [5.41, 5.74) is 0. The Morgan fingerprint density at radius 1 is 1.24 bits per heavy atom. The van der Waals surface area contributed by atoms with Gasteiger partial charge in [0.15, 0.2) is 6.61 Å². The van der Waals surface area contributed by atoms with Crippen LogP contribution >= 0.6 is 0 Å². The Hall–Kier alpha value is -1.64. The van der Waals surface area contributed by atoms with Crippen LogP contribution in [0.25, 0.3) is 0 Å². The minimum absolute atomic E-state index is 0.135. The lowest BCUT2D eigenvalue weighted by molar-refractivity contribution is -0.123. The zero-order valence-corrected chi connectivity index (χ0v) is 13.1. The summed E-state index contributed by atoms with van der Waals surface area (Å²) in [7, 11) is 1.02. The number of carbonyl (C=O) groups excluding carboxylic acids is 1. The molecule has 1 rings (SSSR count). The summed E-state index contributed by atoms with van der Waals surface area (Å²) >= 11 is 0. The molecule has 0 fully saturated rings. The molecule has 0 atom stereocenters. The standard InChI is InChI=1S/C13H20N2O5S/c1-15(2)21(17,18)12-6-4-11(5-7-12)20-10-13(16)14-8-9-19-3/h4-7H,8-10H2,1-3H3,(H,14,16). The fraction of sp³-hybridized carbons (Fsp3) is 0.462. The second-order valence-electron chi connectivity index (χ2n) is 4.39. The first-order chi connectivity index (χ1) is 9.87. The smallest absolute Gasteiger partial charge is 0.258 e. The molecular formula is C13H20N2O5S. The van der Waals surface area contributed by atoms with Crippen molar-refractivity contribution in [3.05, 3.63) is 24.3 Å². The lowest BCUT2D eigenvalue weighted by Crippen LogP contribution is -2.31. The van der Waals surface area contributed by atoms with Crippen LogP contribution in [0.1, 0.15) is 0 Å². The Morgan fingerprint density at radius 2 is 1.86 bits per heavy atom. The van der Waals surface area contributed by atoms with E-state index in [1.165, 1.54) is 38.4 Å². The van der Waals surface area contributed by atoms with Gasteiger partial charge in [-0.15, -0.1) is 0 Å². The number of hydrogen-bond donors (Lipinski definition) is 1. The molecule has 21 heavy (non-hydrogen) atoms. The average Bonchev–Trinajstić information content (AvgIpc) is 2.45. The normalized spacial score (nSPS) is 11.4. The van der Waals surface area contributed by atoms with E-state index in [0.29, 0.717) is 18.9 Å². The van der Waals surface area contributed by atoms with Gasteiger partial charge in [0.25, 0.3) is 5.91 Å². The number of rotatable bonds is 8. The van der Waals surface area contributed by atoms with Gasteiger partial charge in [-0.3, -0.25) is 4.79 Å². The van der Waals surface area contributed by atoms with Crippen molar-refractivity contribution in [2.75, 3.05) is 41.0 Å². The van der Waals surface area contributed by atoms with Crippen LogP contribution in [0.15, 0.2) is 29.2 Å². The number of benzene rings is 1. The first kappa shape index (κ1) is 17.4. The van der Waals surface area contributed by atoms with Crippen LogP contribution in [-0.2, 0) is 19.6 Å². The monoisotopic (exact) mass is 316 g/mol. The van der Waals surface area contributed by atoms with E-state index in [2.05, 4.69) is 5.32 Å². The maximum atomic E-state index is 11.9. The van der Waals surface area contributed by atoms with E-state index in [1.807, 2.05) is 0 Å². The summed E-state index contributed by atoms with van der Waals surface area (Å²) in [5, 5.41) is 2.61. The van der Waals surface area contributed by atoms with Gasteiger partial charge in [-0.05, 0) is 24.3 Å². The number of ether oxygens (including phenoxy) is 2. The second kappa shape index (κ2) is 7.96. The average molecular weight is 316 g/mol. The molecule has 8 heteroatoms. The van der Waals surface area contributed by atoms with Crippen LogP contribution in [0.4, 0.5) is 0 Å². The highest BCUT2D eigenvalue weighted by molar-refractivity contribution is 7.89. The summed E-state index contributed by atoms with van der Waals surface area (Å²) in [5.74, 6) is 0.159. The summed E-state index contributed by atoms with van der Waals surface area (Å²) in [6, 6.07) is 5.90. The molecule has 0 radical (unpaired) electrons. The quantitative estimate of drug-likeness (QED) is 0.687. The van der Waals surface area contributed by atoms with Crippen molar-refractivity contribution in [1.82, 2.24) is 9.62 Å². The largest absolute Gasteiger partial charge is 0.484 e. The van der Waals surface area contributed by atoms with Gasteiger partial charge < -0.3 is 14.8 Å². The summed E-state index contributed by atoms with van der Waals surface area (Å²) in [6.45, 7) is 0.713. The minimum atomic E-state index is -3.46. The van der Waals surface area contributed by atoms with E-state index in [1.54, 1.807) is 7.11 Å². The molecule has 0 spiro atoms. The number of sulfonamides is 1. The number of methoxy groups -OCH3 is 1. The number of carbonyl (C=O) groups is 1. The predicted molar refractivity (Wildman–Crippen MR) is 77.7 cm³/mol. The van der Waals surface area contributed by atoms with E-state index in [9.17, 15) is 13.2 Å². The van der Waals surface area contributed by atoms with Gasteiger partial charge in [-0.25, -0.2) is 12.7 Å². The molecule has 1 aromatic carbocycles. The van der Waals surface area contributed by atoms with Crippen molar-refractivity contribution in [1.29, 1.82) is 0 Å². The Labute approximate surface area is 124 Å². The van der Waals surface area contributed by atoms with Gasteiger partial charge in [0.05, 0.1) is 11.5 Å². The fourth-order valence-corrected chi connectivity index (χ4v) is 2.31. The summed E-state index contributed by atoms with van der Waals surface area (Å²) in [6.07, 6.45) is 0. The summed E-state index contributed by atoms with van der Waals surface area (Å²) < 4.78 is 34.9. The lowest BCUT2D eigenvalue weighted by Gasteiger charge is -2.12. The molecule has 0 heterocycles. The van der Waals surface area contributed by atoms with E-state index in [0.717, 1.165) is 4.31 Å². The SMILES string of the molecule is COCCNC(=O)COc1ccc(S(=O)(=O)N(C)C)cc1. The van der Waals surface area contributed by atoms with Gasteiger partial charge in [0.1, 0.15) is 5.75 Å². The van der Waals surface area contributed by atoms with Crippen molar-refractivity contribution in [2.24, 2.45) is 0 Å². The summed E-state index contributed by atoms with van der Waals surface area (Å²) in [4.78, 5) is 11.6. The van der Waals surface area contributed by atoms with Crippen LogP contribution in [0.2, 0.25) is 0 Å². The van der Waals surface area contributed by atoms with Gasteiger partial charge in [0, 0.05) is 27.7 Å². The molecule has 0 aliphatic heterocycles. The minimum Gasteiger partial charge on any atom is -0.484 e. The Morgan fingerprint density at radius 3 is 2.38 bits per heavy atom. The molecule has 0 aliphatic carbocycles. The molecule has 1 aromatic rings. The number of hydrogen-bond acceptors (Lipinski definition) is 5. The highest BCUT2D eigenvalue weighted by atomic mass is 32.2. The highest BCUT2D eigenvalue weighted by Gasteiger charge is 2.16. The first-order valence-electron chi connectivity index (χ1n) is 6.29. The number of amides is 1. The Kier molecular flexibility index (Phi) is 6.60. The third-order valence-corrected chi connectivity index (χ3v) is 4.43. The molecular weight excluding hydrogens is 296 g/mol.